The van der Waals surface area contributed by atoms with Crippen LogP contribution in [0.3, 0.4) is 0 Å². The van der Waals surface area contributed by atoms with E-state index >= 15 is 0 Å². The van der Waals surface area contributed by atoms with E-state index in [-0.39, 0.29) is 10.8 Å². The molecule has 0 unspecified atom stereocenters. The third-order valence-electron chi connectivity index (χ3n) is 5.50. The van der Waals surface area contributed by atoms with Gasteiger partial charge >= 0.3 is 0 Å². The quantitative estimate of drug-likeness (QED) is 0.808. The Bertz CT molecular complexity index is 1100. The molecule has 2 aliphatic rings. The van der Waals surface area contributed by atoms with Gasteiger partial charge in [-0.1, -0.05) is 18.7 Å². The molecular weight excluding hydrogens is 374 g/mol. The van der Waals surface area contributed by atoms with Crippen molar-refractivity contribution in [2.75, 3.05) is 33.0 Å². The Morgan fingerprint density at radius 2 is 1.79 bits per heavy atom. The normalized spacial score (nSPS) is 16.9. The van der Waals surface area contributed by atoms with Crippen molar-refractivity contribution in [3.8, 4) is 11.1 Å². The smallest absolute Gasteiger partial charge is 0.255 e. The summed E-state index contributed by atoms with van der Waals surface area (Å²) in [6.07, 6.45) is 0.870. The topological polar surface area (TPSA) is 69.7 Å². The first-order valence-electron chi connectivity index (χ1n) is 9.11. The van der Waals surface area contributed by atoms with Gasteiger partial charge < -0.3 is 10.2 Å². The van der Waals surface area contributed by atoms with E-state index in [2.05, 4.69) is 23.8 Å². The number of anilines is 1. The Hall–Kier alpha value is -2.48. The zero-order valence-corrected chi connectivity index (χ0v) is 17.1. The second kappa shape index (κ2) is 6.55. The van der Waals surface area contributed by atoms with Crippen LogP contribution in [0.5, 0.6) is 0 Å². The van der Waals surface area contributed by atoms with Crippen molar-refractivity contribution in [3.63, 3.8) is 0 Å². The van der Waals surface area contributed by atoms with Gasteiger partial charge in [-0.05, 0) is 53.9 Å². The minimum absolute atomic E-state index is 0.157. The van der Waals surface area contributed by atoms with Crippen LogP contribution < -0.4 is 5.32 Å². The summed E-state index contributed by atoms with van der Waals surface area (Å²) >= 11 is 0. The molecule has 0 spiro atoms. The number of nitrogens with one attached hydrogen (secondary N) is 1. The third kappa shape index (κ3) is 2.87. The lowest BCUT2D eigenvalue weighted by atomic mass is 9.87. The molecule has 0 radical (unpaired) electrons. The largest absolute Gasteiger partial charge is 0.321 e. The predicted octanol–water partition coefficient (Wildman–Crippen LogP) is 2.56. The zero-order chi connectivity index (χ0) is 20.2. The standard InChI is InChI=1S/C21H23N3O3S/c1-13-17-11-18(14-5-7-15(8-6-14)28(26,27)23(2)3)16-9-10-24(4)12-19(16)20(17)22-21(13)25/h5-8,11H,1,9-10,12H2,2-4H3,(H,22,25). The molecule has 146 valence electrons. The summed E-state index contributed by atoms with van der Waals surface area (Å²) in [4.78, 5) is 14.7. The summed E-state index contributed by atoms with van der Waals surface area (Å²) in [6.45, 7) is 5.62. The Labute approximate surface area is 165 Å². The highest BCUT2D eigenvalue weighted by Gasteiger charge is 2.30. The van der Waals surface area contributed by atoms with Gasteiger partial charge in [0.15, 0.2) is 0 Å². The molecular formula is C21H23N3O3S. The number of fused-ring (bicyclic) bond motifs is 3. The zero-order valence-electron chi connectivity index (χ0n) is 16.2. The number of nitrogens with zero attached hydrogens (tertiary/aromatic N) is 2. The summed E-state index contributed by atoms with van der Waals surface area (Å²) in [5, 5.41) is 2.97. The molecule has 0 aromatic heterocycles. The molecule has 2 heterocycles. The van der Waals surface area contributed by atoms with E-state index in [9.17, 15) is 13.2 Å². The van der Waals surface area contributed by atoms with E-state index in [1.165, 1.54) is 24.0 Å². The van der Waals surface area contributed by atoms with Crippen molar-refractivity contribution in [1.29, 1.82) is 0 Å². The Kier molecular flexibility index (Phi) is 4.41. The molecule has 28 heavy (non-hydrogen) atoms. The number of likely N-dealkylation sites (N-methyl/N-ethyl adjacent to an activating group) is 1. The van der Waals surface area contributed by atoms with Crippen molar-refractivity contribution >= 4 is 27.2 Å². The third-order valence-corrected chi connectivity index (χ3v) is 7.33. The number of hydrogen-bond donors (Lipinski definition) is 1. The molecule has 2 aliphatic heterocycles. The minimum Gasteiger partial charge on any atom is -0.321 e. The molecule has 2 aromatic rings. The predicted molar refractivity (Wildman–Crippen MR) is 110 cm³/mol. The second-order valence-corrected chi connectivity index (χ2v) is 9.69. The molecule has 0 bridgehead atoms. The first-order valence-corrected chi connectivity index (χ1v) is 10.5. The van der Waals surface area contributed by atoms with Gasteiger partial charge in [-0.25, -0.2) is 12.7 Å². The maximum atomic E-state index is 12.3. The van der Waals surface area contributed by atoms with E-state index in [1.807, 2.05) is 18.2 Å². The average molecular weight is 398 g/mol. The summed E-state index contributed by atoms with van der Waals surface area (Å²) in [6, 6.07) is 8.96. The summed E-state index contributed by atoms with van der Waals surface area (Å²) in [5.74, 6) is -0.157. The van der Waals surface area contributed by atoms with E-state index in [4.69, 9.17) is 0 Å². The van der Waals surface area contributed by atoms with Gasteiger partial charge in [0, 0.05) is 38.3 Å². The van der Waals surface area contributed by atoms with Gasteiger partial charge in [0.2, 0.25) is 10.0 Å². The highest BCUT2D eigenvalue weighted by Crippen LogP contribution is 2.42. The van der Waals surface area contributed by atoms with E-state index in [1.54, 1.807) is 12.1 Å². The molecule has 0 fully saturated rings. The Morgan fingerprint density at radius 3 is 2.43 bits per heavy atom. The average Bonchev–Trinajstić information content (AvgIpc) is 2.95. The molecule has 0 atom stereocenters. The van der Waals surface area contributed by atoms with Crippen LogP contribution in [0.2, 0.25) is 0 Å². The number of sulfonamides is 1. The van der Waals surface area contributed by atoms with E-state index < -0.39 is 10.0 Å². The van der Waals surface area contributed by atoms with Gasteiger partial charge in [0.25, 0.3) is 5.91 Å². The maximum Gasteiger partial charge on any atom is 0.255 e. The molecule has 0 saturated carbocycles. The van der Waals surface area contributed by atoms with Crippen LogP contribution in [0, 0.1) is 0 Å². The second-order valence-electron chi connectivity index (χ2n) is 7.54. The number of hydrogen-bond acceptors (Lipinski definition) is 4. The fourth-order valence-corrected chi connectivity index (χ4v) is 4.76. The highest BCUT2D eigenvalue weighted by atomic mass is 32.2. The molecule has 4 rings (SSSR count). The highest BCUT2D eigenvalue weighted by molar-refractivity contribution is 7.89. The summed E-state index contributed by atoms with van der Waals surface area (Å²) in [7, 11) is 1.64. The molecule has 1 N–H and O–H groups in total. The summed E-state index contributed by atoms with van der Waals surface area (Å²) in [5.41, 5.74) is 6.47. The lowest BCUT2D eigenvalue weighted by Gasteiger charge is -2.29. The van der Waals surface area contributed by atoms with E-state index in [0.717, 1.165) is 47.5 Å². The number of amides is 1. The lowest BCUT2D eigenvalue weighted by Crippen LogP contribution is -2.27. The van der Waals surface area contributed by atoms with Gasteiger partial charge in [0.1, 0.15) is 0 Å². The van der Waals surface area contributed by atoms with Crippen LogP contribution >= 0.6 is 0 Å². The van der Waals surface area contributed by atoms with Crippen LogP contribution in [0.15, 0.2) is 41.8 Å². The monoisotopic (exact) mass is 397 g/mol. The van der Waals surface area contributed by atoms with Crippen molar-refractivity contribution < 1.29 is 13.2 Å². The molecule has 6 nitrogen and oxygen atoms in total. The van der Waals surface area contributed by atoms with Crippen LogP contribution in [0.25, 0.3) is 16.7 Å². The van der Waals surface area contributed by atoms with Crippen molar-refractivity contribution in [1.82, 2.24) is 9.21 Å². The van der Waals surface area contributed by atoms with Crippen LogP contribution in [-0.4, -0.2) is 51.2 Å². The van der Waals surface area contributed by atoms with Crippen molar-refractivity contribution in [2.24, 2.45) is 0 Å². The van der Waals surface area contributed by atoms with Crippen LogP contribution in [-0.2, 0) is 27.8 Å². The van der Waals surface area contributed by atoms with Crippen LogP contribution in [0.1, 0.15) is 16.7 Å². The number of rotatable bonds is 3. The molecule has 7 heteroatoms. The number of carbonyl (C=O) groups excluding carboxylic acids is 1. The number of carbonyl (C=O) groups is 1. The fourth-order valence-electron chi connectivity index (χ4n) is 3.86. The maximum absolute atomic E-state index is 12.3. The SMILES string of the molecule is C=C1C(=O)Nc2c1cc(-c1ccc(S(=O)(=O)N(C)C)cc1)c1c2CN(C)CC1. The first kappa shape index (κ1) is 18.9. The van der Waals surface area contributed by atoms with Gasteiger partial charge in [-0.15, -0.1) is 0 Å². The fraction of sp³-hybridized carbons (Fsp3) is 0.286. The minimum atomic E-state index is -3.47. The van der Waals surface area contributed by atoms with E-state index in [0.29, 0.717) is 5.57 Å². The van der Waals surface area contributed by atoms with Gasteiger partial charge in [-0.2, -0.15) is 0 Å². The van der Waals surface area contributed by atoms with Gasteiger partial charge in [0.05, 0.1) is 10.6 Å². The summed E-state index contributed by atoms with van der Waals surface area (Å²) < 4.78 is 25.9. The van der Waals surface area contributed by atoms with Gasteiger partial charge in [-0.3, -0.25) is 4.79 Å². The molecule has 1 amide bonds. The Morgan fingerprint density at radius 1 is 1.11 bits per heavy atom. The number of benzene rings is 2. The van der Waals surface area contributed by atoms with Crippen molar-refractivity contribution in [3.05, 3.63) is 53.6 Å². The lowest BCUT2D eigenvalue weighted by molar-refractivity contribution is -0.110. The molecule has 2 aromatic carbocycles. The molecule has 0 saturated heterocycles. The molecule has 0 aliphatic carbocycles. The van der Waals surface area contributed by atoms with Crippen LogP contribution in [0.4, 0.5) is 5.69 Å². The van der Waals surface area contributed by atoms with Crippen molar-refractivity contribution in [2.45, 2.75) is 17.9 Å². The Balaban J connectivity index is 1.86. The first-order chi connectivity index (χ1) is 13.2.